The maximum Gasteiger partial charge on any atom is 0.117 e. The summed E-state index contributed by atoms with van der Waals surface area (Å²) in [5, 5.41) is 20.9. The van der Waals surface area contributed by atoms with Gasteiger partial charge in [0, 0.05) is 20.2 Å². The second-order valence-corrected chi connectivity index (χ2v) is 4.55. The van der Waals surface area contributed by atoms with Crippen molar-refractivity contribution in [3.63, 3.8) is 0 Å². The molecule has 3 heteroatoms. The van der Waals surface area contributed by atoms with E-state index in [1.165, 1.54) is 0 Å². The van der Waals surface area contributed by atoms with Crippen LogP contribution in [-0.2, 0) is 0 Å². The highest BCUT2D eigenvalue weighted by atomic mass is 32.1. The number of fused-ring (bicyclic) bond motifs is 3. The van der Waals surface area contributed by atoms with Crippen LogP contribution < -0.4 is 0 Å². The summed E-state index contributed by atoms with van der Waals surface area (Å²) in [4.78, 5) is 0. The number of hydrogen-bond acceptors (Lipinski definition) is 3. The molecular formula is C12H8O2S. The molecule has 0 unspecified atom stereocenters. The number of hydrogen-bond donors (Lipinski definition) is 2. The predicted molar refractivity (Wildman–Crippen MR) is 62.7 cm³/mol. The molecule has 0 radical (unpaired) electrons. The monoisotopic (exact) mass is 216 g/mol. The highest BCUT2D eigenvalue weighted by Gasteiger charge is 2.05. The summed E-state index contributed by atoms with van der Waals surface area (Å²) in [7, 11) is 0. The van der Waals surface area contributed by atoms with E-state index in [0.717, 1.165) is 20.2 Å². The molecule has 0 aliphatic carbocycles. The van der Waals surface area contributed by atoms with Crippen molar-refractivity contribution < 1.29 is 10.2 Å². The Morgan fingerprint density at radius 3 is 2.33 bits per heavy atom. The molecule has 2 nitrogen and oxygen atoms in total. The smallest absolute Gasteiger partial charge is 0.117 e. The molecule has 1 aromatic heterocycles. The number of benzene rings is 2. The standard InChI is InChI=1S/C12H8O2S/c13-7-2-4-11-10(5-7)9-3-1-8(14)6-12(9)15-11/h1-6,13-14H. The Morgan fingerprint density at radius 1 is 0.733 bits per heavy atom. The van der Waals surface area contributed by atoms with Crippen molar-refractivity contribution in [3.05, 3.63) is 36.4 Å². The molecule has 0 saturated heterocycles. The first-order valence-corrected chi connectivity index (χ1v) is 5.40. The van der Waals surface area contributed by atoms with Crippen molar-refractivity contribution in [1.82, 2.24) is 0 Å². The zero-order valence-corrected chi connectivity index (χ0v) is 8.58. The lowest BCUT2D eigenvalue weighted by Gasteiger charge is -1.93. The van der Waals surface area contributed by atoms with E-state index in [0.29, 0.717) is 0 Å². The Hall–Kier alpha value is -1.74. The highest BCUT2D eigenvalue weighted by molar-refractivity contribution is 7.25. The lowest BCUT2D eigenvalue weighted by molar-refractivity contribution is 0.476. The van der Waals surface area contributed by atoms with Gasteiger partial charge >= 0.3 is 0 Å². The van der Waals surface area contributed by atoms with Gasteiger partial charge in [-0.15, -0.1) is 11.3 Å². The van der Waals surface area contributed by atoms with Crippen LogP contribution in [0.5, 0.6) is 11.5 Å². The summed E-state index contributed by atoms with van der Waals surface area (Å²) in [5.41, 5.74) is 0. The third kappa shape index (κ3) is 1.24. The van der Waals surface area contributed by atoms with E-state index in [1.54, 1.807) is 35.6 Å². The zero-order chi connectivity index (χ0) is 10.4. The van der Waals surface area contributed by atoms with Gasteiger partial charge < -0.3 is 10.2 Å². The fraction of sp³-hybridized carbons (Fsp3) is 0. The Morgan fingerprint density at radius 2 is 1.47 bits per heavy atom. The molecule has 74 valence electrons. The van der Waals surface area contributed by atoms with Crippen molar-refractivity contribution in [2.75, 3.05) is 0 Å². The molecule has 0 fully saturated rings. The fourth-order valence-corrected chi connectivity index (χ4v) is 2.87. The normalized spacial score (nSPS) is 11.2. The SMILES string of the molecule is Oc1ccc2c(c1)sc1ccc(O)cc12. The molecule has 0 atom stereocenters. The van der Waals surface area contributed by atoms with Gasteiger partial charge in [0.25, 0.3) is 0 Å². The molecule has 0 spiro atoms. The van der Waals surface area contributed by atoms with Crippen molar-refractivity contribution in [2.24, 2.45) is 0 Å². The number of aromatic hydroxyl groups is 2. The summed E-state index contributed by atoms with van der Waals surface area (Å²) >= 11 is 1.61. The van der Waals surface area contributed by atoms with Crippen LogP contribution in [0.2, 0.25) is 0 Å². The van der Waals surface area contributed by atoms with Gasteiger partial charge in [-0.25, -0.2) is 0 Å². The first kappa shape index (κ1) is 8.56. The van der Waals surface area contributed by atoms with E-state index in [4.69, 9.17) is 0 Å². The van der Waals surface area contributed by atoms with Gasteiger partial charge in [0.15, 0.2) is 0 Å². The summed E-state index contributed by atoms with van der Waals surface area (Å²) in [6.45, 7) is 0. The van der Waals surface area contributed by atoms with Crippen LogP contribution in [0.3, 0.4) is 0 Å². The van der Waals surface area contributed by atoms with Crippen LogP contribution in [0, 0.1) is 0 Å². The maximum atomic E-state index is 9.42. The van der Waals surface area contributed by atoms with E-state index >= 15 is 0 Å². The molecule has 3 aromatic rings. The van der Waals surface area contributed by atoms with Crippen molar-refractivity contribution >= 4 is 31.5 Å². The van der Waals surface area contributed by atoms with Crippen molar-refractivity contribution in [2.45, 2.75) is 0 Å². The van der Waals surface area contributed by atoms with Gasteiger partial charge in [0.1, 0.15) is 11.5 Å². The van der Waals surface area contributed by atoms with Gasteiger partial charge in [0.2, 0.25) is 0 Å². The minimum absolute atomic E-state index is 0.273. The average molecular weight is 216 g/mol. The number of thiophene rings is 1. The van der Waals surface area contributed by atoms with Crippen LogP contribution in [0.4, 0.5) is 0 Å². The van der Waals surface area contributed by atoms with E-state index in [9.17, 15) is 10.2 Å². The van der Waals surface area contributed by atoms with Crippen molar-refractivity contribution in [1.29, 1.82) is 0 Å². The second kappa shape index (κ2) is 2.87. The summed E-state index contributed by atoms with van der Waals surface area (Å²) in [6, 6.07) is 10.6. The van der Waals surface area contributed by atoms with E-state index < -0.39 is 0 Å². The Bertz CT molecular complexity index is 655. The first-order valence-electron chi connectivity index (χ1n) is 4.58. The molecule has 2 N–H and O–H groups in total. The third-order valence-corrected chi connectivity index (χ3v) is 3.57. The van der Waals surface area contributed by atoms with Crippen molar-refractivity contribution in [3.8, 4) is 11.5 Å². The third-order valence-electron chi connectivity index (χ3n) is 2.44. The van der Waals surface area contributed by atoms with Gasteiger partial charge in [-0.2, -0.15) is 0 Å². The second-order valence-electron chi connectivity index (χ2n) is 3.46. The van der Waals surface area contributed by atoms with E-state index in [-0.39, 0.29) is 11.5 Å². The maximum absolute atomic E-state index is 9.42. The van der Waals surface area contributed by atoms with E-state index in [1.807, 2.05) is 12.1 Å². The lowest BCUT2D eigenvalue weighted by Crippen LogP contribution is -1.67. The van der Waals surface area contributed by atoms with Crippen LogP contribution in [0.15, 0.2) is 36.4 Å². The van der Waals surface area contributed by atoms with Crippen LogP contribution >= 0.6 is 11.3 Å². The zero-order valence-electron chi connectivity index (χ0n) is 7.77. The average Bonchev–Trinajstić information content (AvgIpc) is 2.54. The molecule has 0 bridgehead atoms. The van der Waals surface area contributed by atoms with Crippen LogP contribution in [-0.4, -0.2) is 10.2 Å². The molecule has 3 rings (SSSR count). The first-order chi connectivity index (χ1) is 7.24. The Labute approximate surface area is 90.0 Å². The molecule has 15 heavy (non-hydrogen) atoms. The lowest BCUT2D eigenvalue weighted by atomic mass is 10.1. The predicted octanol–water partition coefficient (Wildman–Crippen LogP) is 3.47. The fourth-order valence-electron chi connectivity index (χ4n) is 1.75. The minimum atomic E-state index is 0.273. The van der Waals surface area contributed by atoms with Gasteiger partial charge in [0.05, 0.1) is 0 Å². The largest absolute Gasteiger partial charge is 0.508 e. The molecule has 1 heterocycles. The molecule has 0 aliphatic heterocycles. The van der Waals surface area contributed by atoms with Crippen LogP contribution in [0.1, 0.15) is 0 Å². The van der Waals surface area contributed by atoms with Gasteiger partial charge in [-0.1, -0.05) is 0 Å². The summed E-state index contributed by atoms with van der Waals surface area (Å²) < 4.78 is 2.16. The van der Waals surface area contributed by atoms with E-state index in [2.05, 4.69) is 0 Å². The summed E-state index contributed by atoms with van der Waals surface area (Å²) in [5.74, 6) is 0.550. The van der Waals surface area contributed by atoms with Gasteiger partial charge in [-0.05, 0) is 36.4 Å². The Kier molecular flexibility index (Phi) is 1.64. The Balaban J connectivity index is 2.53. The van der Waals surface area contributed by atoms with Gasteiger partial charge in [-0.3, -0.25) is 0 Å². The summed E-state index contributed by atoms with van der Waals surface area (Å²) in [6.07, 6.45) is 0. The molecule has 0 aliphatic rings. The number of phenols is 2. The highest BCUT2D eigenvalue weighted by Crippen LogP contribution is 2.36. The quantitative estimate of drug-likeness (QED) is 0.604. The number of rotatable bonds is 0. The minimum Gasteiger partial charge on any atom is -0.508 e. The molecular weight excluding hydrogens is 208 g/mol. The topological polar surface area (TPSA) is 40.5 Å². The number of phenolic OH excluding ortho intramolecular Hbond substituents is 2. The molecule has 0 amide bonds. The molecule has 2 aromatic carbocycles. The van der Waals surface area contributed by atoms with Crippen LogP contribution in [0.25, 0.3) is 20.2 Å². The molecule has 0 saturated carbocycles.